The second kappa shape index (κ2) is 6.35. The van der Waals surface area contributed by atoms with Gasteiger partial charge in [0.25, 0.3) is 0 Å². The largest absolute Gasteiger partial charge is 0.416 e. The summed E-state index contributed by atoms with van der Waals surface area (Å²) in [6.07, 6.45) is 2.05. The van der Waals surface area contributed by atoms with E-state index in [1.165, 1.54) is 18.3 Å². The molecule has 0 amide bonds. The smallest absolute Gasteiger partial charge is 0.339 e. The van der Waals surface area contributed by atoms with E-state index in [1.54, 1.807) is 18.6 Å². The lowest BCUT2D eigenvalue weighted by Gasteiger charge is -2.10. The summed E-state index contributed by atoms with van der Waals surface area (Å²) in [5.41, 5.74) is 1.34. The zero-order valence-electron chi connectivity index (χ0n) is 14.1. The lowest BCUT2D eigenvalue weighted by molar-refractivity contribution is -0.137. The lowest BCUT2D eigenvalue weighted by Crippen LogP contribution is -2.05. The summed E-state index contributed by atoms with van der Waals surface area (Å²) < 4.78 is 39.8. The Kier molecular flexibility index (Phi) is 3.98. The Morgan fingerprint density at radius 1 is 0.926 bits per heavy atom. The molecule has 0 aliphatic heterocycles. The van der Waals surface area contributed by atoms with Gasteiger partial charge in [0.2, 0.25) is 0 Å². The molecule has 0 saturated heterocycles. The van der Waals surface area contributed by atoms with Crippen molar-refractivity contribution in [1.29, 1.82) is 0 Å². The summed E-state index contributed by atoms with van der Waals surface area (Å²) in [6.45, 7) is 1.84. The summed E-state index contributed by atoms with van der Waals surface area (Å²) in [6, 6.07) is 6.55. The van der Waals surface area contributed by atoms with Gasteiger partial charge in [-0.2, -0.15) is 13.2 Å². The van der Waals surface area contributed by atoms with E-state index < -0.39 is 11.7 Å². The number of anilines is 2. The number of benzene rings is 1. The molecular formula is C18H13F3N6. The van der Waals surface area contributed by atoms with Crippen LogP contribution in [0.2, 0.25) is 0 Å². The molecule has 1 N–H and O–H groups in total. The highest BCUT2D eigenvalue weighted by Gasteiger charge is 2.29. The summed E-state index contributed by atoms with van der Waals surface area (Å²) in [5, 5.41) is 2.97. The van der Waals surface area contributed by atoms with E-state index in [0.29, 0.717) is 17.3 Å². The van der Waals surface area contributed by atoms with Gasteiger partial charge in [0.05, 0.1) is 29.7 Å². The molecule has 4 rings (SSSR count). The van der Waals surface area contributed by atoms with Gasteiger partial charge in [-0.05, 0) is 37.3 Å². The molecule has 6 nitrogen and oxygen atoms in total. The van der Waals surface area contributed by atoms with Crippen molar-refractivity contribution in [3.05, 3.63) is 66.5 Å². The highest BCUT2D eigenvalue weighted by molar-refractivity contribution is 5.76. The second-order valence-corrected chi connectivity index (χ2v) is 5.82. The van der Waals surface area contributed by atoms with Gasteiger partial charge >= 0.3 is 6.18 Å². The molecule has 0 aliphatic carbocycles. The van der Waals surface area contributed by atoms with E-state index in [9.17, 15) is 13.2 Å². The van der Waals surface area contributed by atoms with E-state index in [4.69, 9.17) is 0 Å². The molecule has 0 fully saturated rings. The van der Waals surface area contributed by atoms with Gasteiger partial charge in [0.15, 0.2) is 11.6 Å². The first-order valence-corrected chi connectivity index (χ1v) is 7.97. The van der Waals surface area contributed by atoms with Crippen molar-refractivity contribution in [3.8, 4) is 5.82 Å². The Hall–Kier alpha value is -3.49. The summed E-state index contributed by atoms with van der Waals surface area (Å²) in [7, 11) is 0. The Bertz CT molecular complexity index is 1100. The maximum absolute atomic E-state index is 12.7. The number of aromatic nitrogens is 5. The maximum Gasteiger partial charge on any atom is 0.416 e. The number of hydrogen-bond acceptors (Lipinski definition) is 5. The molecule has 3 heterocycles. The molecular weight excluding hydrogens is 357 g/mol. The molecule has 136 valence electrons. The van der Waals surface area contributed by atoms with Crippen LogP contribution in [0.3, 0.4) is 0 Å². The third-order valence-corrected chi connectivity index (χ3v) is 3.96. The first-order chi connectivity index (χ1) is 12.9. The first-order valence-electron chi connectivity index (χ1n) is 7.97. The van der Waals surface area contributed by atoms with Crippen LogP contribution in [0.4, 0.5) is 24.7 Å². The minimum absolute atomic E-state index is 0.405. The Morgan fingerprint density at radius 3 is 2.44 bits per heavy atom. The summed E-state index contributed by atoms with van der Waals surface area (Å²) >= 11 is 0. The predicted octanol–water partition coefficient (Wildman–Crippen LogP) is 4.28. The van der Waals surface area contributed by atoms with Gasteiger partial charge in [-0.25, -0.2) is 9.97 Å². The quantitative estimate of drug-likeness (QED) is 0.583. The van der Waals surface area contributed by atoms with Crippen molar-refractivity contribution >= 4 is 22.5 Å². The van der Waals surface area contributed by atoms with E-state index in [0.717, 1.165) is 29.0 Å². The normalized spacial score (nSPS) is 11.7. The fourth-order valence-corrected chi connectivity index (χ4v) is 2.76. The van der Waals surface area contributed by atoms with Crippen LogP contribution in [0.25, 0.3) is 16.9 Å². The molecule has 0 saturated carbocycles. The van der Waals surface area contributed by atoms with Gasteiger partial charge in [0.1, 0.15) is 11.3 Å². The lowest BCUT2D eigenvalue weighted by atomic mass is 10.2. The Morgan fingerprint density at radius 2 is 1.70 bits per heavy atom. The topological polar surface area (TPSA) is 68.5 Å². The number of nitrogens with one attached hydrogen (secondary N) is 1. The van der Waals surface area contributed by atoms with Gasteiger partial charge in [-0.3, -0.25) is 14.5 Å². The minimum atomic E-state index is -4.37. The fraction of sp³-hybridized carbons (Fsp3) is 0.111. The summed E-state index contributed by atoms with van der Waals surface area (Å²) in [4.78, 5) is 17.2. The number of rotatable bonds is 3. The molecule has 0 bridgehead atoms. The average Bonchev–Trinajstić information content (AvgIpc) is 2.97. The fourth-order valence-electron chi connectivity index (χ4n) is 2.76. The third kappa shape index (κ3) is 3.31. The zero-order chi connectivity index (χ0) is 19.0. The number of fused-ring (bicyclic) bond motifs is 1. The number of nitrogens with zero attached hydrogens (tertiary/aromatic N) is 5. The van der Waals surface area contributed by atoms with Gasteiger partial charge in [-0.1, -0.05) is 0 Å². The number of imidazole rings is 1. The number of pyridine rings is 1. The van der Waals surface area contributed by atoms with Crippen LogP contribution < -0.4 is 5.32 Å². The van der Waals surface area contributed by atoms with E-state index >= 15 is 0 Å². The summed E-state index contributed by atoms with van der Waals surface area (Å²) in [5.74, 6) is 1.67. The van der Waals surface area contributed by atoms with Crippen molar-refractivity contribution in [3.63, 3.8) is 0 Å². The molecule has 0 atom stereocenters. The monoisotopic (exact) mass is 370 g/mol. The number of hydrogen-bond donors (Lipinski definition) is 1. The van der Waals surface area contributed by atoms with Gasteiger partial charge in [-0.15, -0.1) is 0 Å². The van der Waals surface area contributed by atoms with E-state index in [2.05, 4.69) is 25.3 Å². The highest BCUT2D eigenvalue weighted by atomic mass is 19.4. The highest BCUT2D eigenvalue weighted by Crippen LogP contribution is 2.30. The maximum atomic E-state index is 12.7. The number of halogens is 3. The molecule has 0 radical (unpaired) electrons. The van der Waals surface area contributed by atoms with Crippen LogP contribution in [0.1, 0.15) is 11.4 Å². The SMILES string of the molecule is Cc1nc2cnccc2n1-c1cncc(Nc2ccc(C(F)(F)F)cc2)n1. The standard InChI is InChI=1S/C18H13F3N6/c1-11-24-14-8-22-7-6-15(14)27(11)17-10-23-9-16(26-17)25-13-4-2-12(3-5-13)18(19,20)21/h2-10H,1H3,(H,25,26). The molecule has 0 unspecified atom stereocenters. The van der Waals surface area contributed by atoms with E-state index in [1.807, 2.05) is 17.6 Å². The van der Waals surface area contributed by atoms with E-state index in [-0.39, 0.29) is 0 Å². The third-order valence-electron chi connectivity index (χ3n) is 3.96. The molecule has 1 aromatic carbocycles. The first kappa shape index (κ1) is 17.0. The molecule has 3 aromatic heterocycles. The number of alkyl halides is 3. The Labute approximate surface area is 151 Å². The van der Waals surface area contributed by atoms with Crippen molar-refractivity contribution in [2.24, 2.45) is 0 Å². The van der Waals surface area contributed by atoms with Crippen LogP contribution in [0.15, 0.2) is 55.1 Å². The van der Waals surface area contributed by atoms with Crippen LogP contribution in [0, 0.1) is 6.92 Å². The second-order valence-electron chi connectivity index (χ2n) is 5.82. The van der Waals surface area contributed by atoms with Crippen molar-refractivity contribution < 1.29 is 13.2 Å². The van der Waals surface area contributed by atoms with Crippen LogP contribution in [0.5, 0.6) is 0 Å². The van der Waals surface area contributed by atoms with Crippen LogP contribution in [-0.4, -0.2) is 24.5 Å². The predicted molar refractivity (Wildman–Crippen MR) is 93.9 cm³/mol. The van der Waals surface area contributed by atoms with Crippen LogP contribution in [-0.2, 0) is 6.18 Å². The van der Waals surface area contributed by atoms with Crippen LogP contribution >= 0.6 is 0 Å². The zero-order valence-corrected chi connectivity index (χ0v) is 14.1. The molecule has 9 heteroatoms. The van der Waals surface area contributed by atoms with Crippen molar-refractivity contribution in [1.82, 2.24) is 24.5 Å². The van der Waals surface area contributed by atoms with Gasteiger partial charge < -0.3 is 5.32 Å². The Balaban J connectivity index is 1.66. The molecule has 0 aliphatic rings. The average molecular weight is 370 g/mol. The molecule has 4 aromatic rings. The molecule has 0 spiro atoms. The van der Waals surface area contributed by atoms with Gasteiger partial charge in [0, 0.05) is 11.9 Å². The van der Waals surface area contributed by atoms with Crippen molar-refractivity contribution in [2.75, 3.05) is 5.32 Å². The number of aryl methyl sites for hydroxylation is 1. The minimum Gasteiger partial charge on any atom is -0.339 e. The van der Waals surface area contributed by atoms with Crippen molar-refractivity contribution in [2.45, 2.75) is 13.1 Å². The molecule has 27 heavy (non-hydrogen) atoms.